The molecule has 0 saturated heterocycles. The van der Waals surface area contributed by atoms with E-state index >= 15 is 0 Å². The minimum atomic E-state index is -0.893. The maximum Gasteiger partial charge on any atom is 0.268 e. The van der Waals surface area contributed by atoms with E-state index < -0.39 is 11.4 Å². The molecule has 0 bridgehead atoms. The maximum absolute atomic E-state index is 13.1. The van der Waals surface area contributed by atoms with Crippen molar-refractivity contribution < 1.29 is 18.5 Å². The van der Waals surface area contributed by atoms with Crippen LogP contribution in [0.1, 0.15) is 64.7 Å². The van der Waals surface area contributed by atoms with Crippen molar-refractivity contribution in [2.45, 2.75) is 65.0 Å². The van der Waals surface area contributed by atoms with Crippen molar-refractivity contribution in [3.05, 3.63) is 47.4 Å². The van der Waals surface area contributed by atoms with Crippen LogP contribution in [0.25, 0.3) is 0 Å². The number of amides is 2. The number of carbonyl (C=O) groups excluding carboxylic acids is 2. The minimum absolute atomic E-state index is 0.166. The molecule has 0 aliphatic carbocycles. The monoisotopic (exact) mass is 415 g/mol. The molecule has 1 aliphatic heterocycles. The number of benzene rings is 1. The Hall–Kier alpha value is -3.10. The summed E-state index contributed by atoms with van der Waals surface area (Å²) in [6.45, 7) is 9.58. The Balaban J connectivity index is 1.73. The number of aromatic nitrogens is 2. The predicted molar refractivity (Wildman–Crippen MR) is 108 cm³/mol. The zero-order valence-electron chi connectivity index (χ0n) is 17.8. The molecule has 0 radical (unpaired) electrons. The first-order valence-electron chi connectivity index (χ1n) is 9.75. The van der Waals surface area contributed by atoms with Crippen LogP contribution in [0, 0.1) is 5.82 Å². The molecule has 0 atom stereocenters. The quantitative estimate of drug-likeness (QED) is 0.809. The lowest BCUT2D eigenvalue weighted by molar-refractivity contribution is -0.132. The van der Waals surface area contributed by atoms with Crippen molar-refractivity contribution in [1.29, 1.82) is 0 Å². The second kappa shape index (κ2) is 7.97. The van der Waals surface area contributed by atoms with Gasteiger partial charge in [-0.15, -0.1) is 0 Å². The zero-order chi connectivity index (χ0) is 22.1. The molecule has 160 valence electrons. The van der Waals surface area contributed by atoms with Gasteiger partial charge in [-0.2, -0.15) is 10.1 Å². The molecule has 0 saturated carbocycles. The van der Waals surface area contributed by atoms with Gasteiger partial charge in [-0.25, -0.2) is 9.40 Å². The third-order valence-corrected chi connectivity index (χ3v) is 4.67. The van der Waals surface area contributed by atoms with E-state index in [4.69, 9.17) is 4.52 Å². The molecule has 0 unspecified atom stereocenters. The van der Waals surface area contributed by atoms with E-state index in [0.717, 1.165) is 5.56 Å². The fourth-order valence-corrected chi connectivity index (χ4v) is 2.84. The number of halogens is 1. The molecule has 1 aromatic carbocycles. The Morgan fingerprint density at radius 3 is 2.43 bits per heavy atom. The number of nitrogens with zero attached hydrogens (tertiary/aromatic N) is 4. The van der Waals surface area contributed by atoms with Gasteiger partial charge in [0.1, 0.15) is 11.5 Å². The molecule has 1 aliphatic rings. The van der Waals surface area contributed by atoms with Gasteiger partial charge in [-0.3, -0.25) is 9.59 Å². The van der Waals surface area contributed by atoms with Crippen molar-refractivity contribution in [1.82, 2.24) is 20.5 Å². The lowest BCUT2D eigenvalue weighted by Gasteiger charge is -2.26. The fraction of sp³-hybridized carbons (Fsp3) is 0.476. The van der Waals surface area contributed by atoms with Gasteiger partial charge in [0.25, 0.3) is 5.91 Å². The minimum Gasteiger partial charge on any atom is -0.339 e. The van der Waals surface area contributed by atoms with Gasteiger partial charge >= 0.3 is 0 Å². The summed E-state index contributed by atoms with van der Waals surface area (Å²) in [6.07, 6.45) is 0.407. The predicted octanol–water partition coefficient (Wildman–Crippen LogP) is 3.04. The van der Waals surface area contributed by atoms with Gasteiger partial charge in [0.15, 0.2) is 5.82 Å². The highest BCUT2D eigenvalue weighted by atomic mass is 19.1. The molecule has 9 heteroatoms. The molecule has 30 heavy (non-hydrogen) atoms. The Bertz CT molecular complexity index is 973. The van der Waals surface area contributed by atoms with Crippen LogP contribution in [0.4, 0.5) is 4.39 Å². The topological polar surface area (TPSA) is 101 Å². The molecule has 2 heterocycles. The molecule has 8 nitrogen and oxygen atoms in total. The molecule has 0 fully saturated rings. The van der Waals surface area contributed by atoms with Crippen molar-refractivity contribution >= 4 is 17.5 Å². The van der Waals surface area contributed by atoms with Gasteiger partial charge in [0.2, 0.25) is 11.8 Å². The average molecular weight is 415 g/mol. The van der Waals surface area contributed by atoms with Gasteiger partial charge in [-0.1, -0.05) is 38.1 Å². The van der Waals surface area contributed by atoms with Gasteiger partial charge < -0.3 is 9.84 Å². The van der Waals surface area contributed by atoms with Crippen LogP contribution in [0.2, 0.25) is 0 Å². The lowest BCUT2D eigenvalue weighted by atomic mass is 9.96. The standard InChI is InChI=1S/C21H26FN5O3/c1-20(2,3)19-23-18(26-30-19)21(4,5)24-17(29)15-10-11-16(28)27(25-15)12-13-6-8-14(22)9-7-13/h6-9H,10-12H2,1-5H3,(H,24,29). The van der Waals surface area contributed by atoms with E-state index in [1.54, 1.807) is 26.0 Å². The average Bonchev–Trinajstić information content (AvgIpc) is 3.16. The zero-order valence-corrected chi connectivity index (χ0v) is 17.8. The maximum atomic E-state index is 13.1. The summed E-state index contributed by atoms with van der Waals surface area (Å²) in [7, 11) is 0. The number of hydrogen-bond donors (Lipinski definition) is 1. The van der Waals surface area contributed by atoms with Gasteiger partial charge in [0.05, 0.1) is 12.1 Å². The first-order chi connectivity index (χ1) is 14.0. The molecule has 2 aromatic rings. The van der Waals surface area contributed by atoms with E-state index in [0.29, 0.717) is 11.7 Å². The number of hydrogen-bond acceptors (Lipinski definition) is 6. The third-order valence-electron chi connectivity index (χ3n) is 4.67. The summed E-state index contributed by atoms with van der Waals surface area (Å²) >= 11 is 0. The summed E-state index contributed by atoms with van der Waals surface area (Å²) in [5, 5.41) is 12.4. The van der Waals surface area contributed by atoms with Crippen LogP contribution in [0.5, 0.6) is 0 Å². The van der Waals surface area contributed by atoms with Crippen molar-refractivity contribution in [2.24, 2.45) is 5.10 Å². The summed E-state index contributed by atoms with van der Waals surface area (Å²) < 4.78 is 18.4. The van der Waals surface area contributed by atoms with Gasteiger partial charge in [-0.05, 0) is 31.5 Å². The first kappa shape index (κ1) is 21.6. The fourth-order valence-electron chi connectivity index (χ4n) is 2.84. The Morgan fingerprint density at radius 2 is 1.83 bits per heavy atom. The van der Waals surface area contributed by atoms with E-state index in [2.05, 4.69) is 20.6 Å². The Labute approximate surface area is 174 Å². The molecular formula is C21H26FN5O3. The second-order valence-corrected chi connectivity index (χ2v) is 8.88. The molecule has 1 N–H and O–H groups in total. The van der Waals surface area contributed by atoms with Crippen molar-refractivity contribution in [2.75, 3.05) is 0 Å². The van der Waals surface area contributed by atoms with E-state index in [-0.39, 0.29) is 42.2 Å². The van der Waals surface area contributed by atoms with E-state index in [9.17, 15) is 14.0 Å². The largest absolute Gasteiger partial charge is 0.339 e. The Morgan fingerprint density at radius 1 is 1.17 bits per heavy atom. The Kier molecular flexibility index (Phi) is 5.74. The lowest BCUT2D eigenvalue weighted by Crippen LogP contribution is -2.47. The smallest absolute Gasteiger partial charge is 0.268 e. The normalized spacial score (nSPS) is 15.2. The van der Waals surface area contributed by atoms with E-state index in [1.165, 1.54) is 17.1 Å². The molecule has 2 amide bonds. The number of carbonyl (C=O) groups is 2. The third kappa shape index (κ3) is 4.90. The molecule has 1 aromatic heterocycles. The summed E-state index contributed by atoms with van der Waals surface area (Å²) in [6, 6.07) is 5.80. The number of nitrogens with one attached hydrogen (secondary N) is 1. The van der Waals surface area contributed by atoms with Crippen molar-refractivity contribution in [3.63, 3.8) is 0 Å². The summed E-state index contributed by atoms with van der Waals surface area (Å²) in [4.78, 5) is 29.5. The van der Waals surface area contributed by atoms with Crippen LogP contribution in [-0.2, 0) is 27.1 Å². The highest BCUT2D eigenvalue weighted by Crippen LogP contribution is 2.24. The molecular weight excluding hydrogens is 389 g/mol. The highest BCUT2D eigenvalue weighted by molar-refractivity contribution is 6.39. The summed E-state index contributed by atoms with van der Waals surface area (Å²) in [5.74, 6) is -0.116. The first-order valence-corrected chi connectivity index (χ1v) is 9.75. The second-order valence-electron chi connectivity index (χ2n) is 8.88. The molecule has 3 rings (SSSR count). The van der Waals surface area contributed by atoms with E-state index in [1.807, 2.05) is 20.8 Å². The van der Waals surface area contributed by atoms with Crippen LogP contribution in [-0.4, -0.2) is 32.7 Å². The van der Waals surface area contributed by atoms with Gasteiger partial charge in [0, 0.05) is 18.3 Å². The van der Waals surface area contributed by atoms with Crippen molar-refractivity contribution in [3.8, 4) is 0 Å². The van der Waals surface area contributed by atoms with Crippen LogP contribution >= 0.6 is 0 Å². The van der Waals surface area contributed by atoms with Crippen LogP contribution in [0.3, 0.4) is 0 Å². The molecule has 0 spiro atoms. The SMILES string of the molecule is CC(C)(C)c1nc(C(C)(C)NC(=O)C2=NN(Cc3ccc(F)cc3)C(=O)CC2)no1. The number of hydrazone groups is 1. The van der Waals surface area contributed by atoms with Crippen LogP contribution < -0.4 is 5.32 Å². The highest BCUT2D eigenvalue weighted by Gasteiger charge is 2.34. The summed E-state index contributed by atoms with van der Waals surface area (Å²) in [5.41, 5.74) is -0.239. The van der Waals surface area contributed by atoms with Crippen LogP contribution in [0.15, 0.2) is 33.9 Å². The number of rotatable bonds is 5.